The molecule has 166 valence electrons. The van der Waals surface area contributed by atoms with Crippen molar-refractivity contribution in [2.75, 3.05) is 18.0 Å². The summed E-state index contributed by atoms with van der Waals surface area (Å²) in [6, 6.07) is 10.6. The molecule has 1 aromatic carbocycles. The van der Waals surface area contributed by atoms with Crippen LogP contribution in [0.3, 0.4) is 0 Å². The number of nitrogens with zero attached hydrogens (tertiary/aromatic N) is 4. The van der Waals surface area contributed by atoms with Crippen LogP contribution in [0.1, 0.15) is 17.1 Å². The van der Waals surface area contributed by atoms with Crippen LogP contribution in [0.5, 0.6) is 0 Å². The van der Waals surface area contributed by atoms with Gasteiger partial charge in [0.05, 0.1) is 28.0 Å². The molecule has 1 N–H and O–H groups in total. The fourth-order valence-corrected chi connectivity index (χ4v) is 4.98. The number of aryl methyl sites for hydroxylation is 2. The van der Waals surface area contributed by atoms with Crippen molar-refractivity contribution in [2.24, 2.45) is 5.92 Å². The van der Waals surface area contributed by atoms with Crippen molar-refractivity contribution >= 4 is 44.8 Å². The average Bonchev–Trinajstić information content (AvgIpc) is 3.31. The molecule has 32 heavy (non-hydrogen) atoms. The minimum absolute atomic E-state index is 0.0796. The molecule has 0 saturated carbocycles. The summed E-state index contributed by atoms with van der Waals surface area (Å²) in [7, 11) is 0. The van der Waals surface area contributed by atoms with Crippen LogP contribution in [0.15, 0.2) is 45.7 Å². The van der Waals surface area contributed by atoms with Crippen molar-refractivity contribution in [2.45, 2.75) is 26.8 Å². The Hall–Kier alpha value is -2.85. The molecule has 0 bridgehead atoms. The van der Waals surface area contributed by atoms with E-state index in [0.717, 1.165) is 25.7 Å². The Bertz CT molecular complexity index is 1240. The molecule has 1 fully saturated rings. The van der Waals surface area contributed by atoms with Gasteiger partial charge in [0.25, 0.3) is 5.56 Å². The van der Waals surface area contributed by atoms with E-state index >= 15 is 0 Å². The molecule has 0 aliphatic carbocycles. The molecule has 3 aromatic rings. The standard InChI is InChI=1S/C22H22BrN5O3S/c1-13-21(32-14(2)25-13)18-6-7-19(29)28(26-18)9-8-24-22(31)15-10-20(30)27(12-15)17-5-3-4-16(23)11-17/h3-7,11,15H,8-10,12H2,1-2H3,(H,24,31). The fraction of sp³-hybridized carbons (Fsp3) is 0.318. The van der Waals surface area contributed by atoms with Crippen molar-refractivity contribution in [3.8, 4) is 10.6 Å². The van der Waals surface area contributed by atoms with Crippen molar-refractivity contribution in [3.63, 3.8) is 0 Å². The lowest BCUT2D eigenvalue weighted by Crippen LogP contribution is -2.36. The predicted molar refractivity (Wildman–Crippen MR) is 127 cm³/mol. The lowest BCUT2D eigenvalue weighted by atomic mass is 10.1. The molecule has 10 heteroatoms. The summed E-state index contributed by atoms with van der Waals surface area (Å²) in [6.45, 7) is 4.66. The van der Waals surface area contributed by atoms with Crippen molar-refractivity contribution in [3.05, 3.63) is 61.9 Å². The molecule has 0 spiro atoms. The molecule has 0 radical (unpaired) electrons. The SMILES string of the molecule is Cc1nc(C)c(-c2ccc(=O)n(CCNC(=O)C3CC(=O)N(c4cccc(Br)c4)C3)n2)s1. The van der Waals surface area contributed by atoms with Gasteiger partial charge in [-0.05, 0) is 38.1 Å². The number of thiazole rings is 1. The maximum Gasteiger partial charge on any atom is 0.266 e. The number of rotatable bonds is 6. The summed E-state index contributed by atoms with van der Waals surface area (Å²) in [4.78, 5) is 44.2. The number of anilines is 1. The first-order chi connectivity index (χ1) is 15.3. The lowest BCUT2D eigenvalue weighted by Gasteiger charge is -2.17. The first-order valence-electron chi connectivity index (χ1n) is 10.2. The molecule has 4 rings (SSSR count). The molecule has 2 amide bonds. The number of aromatic nitrogens is 3. The zero-order valence-electron chi connectivity index (χ0n) is 17.7. The highest BCUT2D eigenvalue weighted by Gasteiger charge is 2.35. The minimum atomic E-state index is -0.430. The molecule has 1 unspecified atom stereocenters. The van der Waals surface area contributed by atoms with E-state index in [2.05, 4.69) is 31.3 Å². The first kappa shape index (κ1) is 22.3. The Labute approximate surface area is 197 Å². The maximum absolute atomic E-state index is 12.6. The zero-order chi connectivity index (χ0) is 22.8. The normalized spacial score (nSPS) is 15.9. The Morgan fingerprint density at radius 2 is 2.06 bits per heavy atom. The third kappa shape index (κ3) is 4.81. The average molecular weight is 516 g/mol. The van der Waals surface area contributed by atoms with Gasteiger partial charge < -0.3 is 10.2 Å². The fourth-order valence-electron chi connectivity index (χ4n) is 3.71. The largest absolute Gasteiger partial charge is 0.354 e. The van der Waals surface area contributed by atoms with Gasteiger partial charge in [0.15, 0.2) is 0 Å². The second kappa shape index (κ2) is 9.33. The van der Waals surface area contributed by atoms with Crippen LogP contribution in [-0.2, 0) is 16.1 Å². The summed E-state index contributed by atoms with van der Waals surface area (Å²) < 4.78 is 2.22. The van der Waals surface area contributed by atoms with E-state index in [4.69, 9.17) is 0 Å². The molecule has 8 nitrogen and oxygen atoms in total. The van der Waals surface area contributed by atoms with Gasteiger partial charge in [0.1, 0.15) is 5.69 Å². The number of carbonyl (C=O) groups excluding carboxylic acids is 2. The third-order valence-corrected chi connectivity index (χ3v) is 6.83. The van der Waals surface area contributed by atoms with Crippen molar-refractivity contribution in [1.29, 1.82) is 0 Å². The number of benzene rings is 1. The summed E-state index contributed by atoms with van der Waals surface area (Å²) >= 11 is 4.94. The van der Waals surface area contributed by atoms with Gasteiger partial charge in [0.2, 0.25) is 11.8 Å². The van der Waals surface area contributed by atoms with Crippen LogP contribution in [-0.4, -0.2) is 39.7 Å². The van der Waals surface area contributed by atoms with Gasteiger partial charge in [0, 0.05) is 35.7 Å². The van der Waals surface area contributed by atoms with Gasteiger partial charge in [-0.1, -0.05) is 22.0 Å². The summed E-state index contributed by atoms with van der Waals surface area (Å²) in [5.41, 5.74) is 2.09. The zero-order valence-corrected chi connectivity index (χ0v) is 20.1. The Balaban J connectivity index is 1.37. The molecule has 1 aliphatic rings. The second-order valence-electron chi connectivity index (χ2n) is 7.60. The van der Waals surface area contributed by atoms with Crippen LogP contribution in [0.25, 0.3) is 10.6 Å². The second-order valence-corrected chi connectivity index (χ2v) is 9.72. The van der Waals surface area contributed by atoms with E-state index in [1.54, 1.807) is 11.0 Å². The summed E-state index contributed by atoms with van der Waals surface area (Å²) in [6.07, 6.45) is 0.163. The smallest absolute Gasteiger partial charge is 0.266 e. The van der Waals surface area contributed by atoms with Crippen LogP contribution in [0.4, 0.5) is 5.69 Å². The number of carbonyl (C=O) groups is 2. The van der Waals surface area contributed by atoms with E-state index in [-0.39, 0.29) is 36.9 Å². The predicted octanol–water partition coefficient (Wildman–Crippen LogP) is 2.92. The van der Waals surface area contributed by atoms with Gasteiger partial charge in [-0.3, -0.25) is 14.4 Å². The highest BCUT2D eigenvalue weighted by atomic mass is 79.9. The van der Waals surface area contributed by atoms with E-state index in [0.29, 0.717) is 12.2 Å². The van der Waals surface area contributed by atoms with Crippen molar-refractivity contribution in [1.82, 2.24) is 20.1 Å². The number of nitrogens with one attached hydrogen (secondary N) is 1. The monoisotopic (exact) mass is 515 g/mol. The molecule has 1 atom stereocenters. The van der Waals surface area contributed by atoms with E-state index in [1.807, 2.05) is 38.1 Å². The van der Waals surface area contributed by atoms with Crippen LogP contribution >= 0.6 is 27.3 Å². The highest BCUT2D eigenvalue weighted by Crippen LogP contribution is 2.28. The summed E-state index contributed by atoms with van der Waals surface area (Å²) in [5, 5.41) is 8.22. The molecule has 1 saturated heterocycles. The number of halogens is 1. The van der Waals surface area contributed by atoms with E-state index in [9.17, 15) is 14.4 Å². The third-order valence-electron chi connectivity index (χ3n) is 5.24. The number of hydrogen-bond acceptors (Lipinski definition) is 6. The first-order valence-corrected chi connectivity index (χ1v) is 11.8. The maximum atomic E-state index is 12.6. The Kier molecular flexibility index (Phi) is 6.52. The summed E-state index contributed by atoms with van der Waals surface area (Å²) in [5.74, 6) is -0.710. The topological polar surface area (TPSA) is 97.2 Å². The highest BCUT2D eigenvalue weighted by molar-refractivity contribution is 9.10. The van der Waals surface area contributed by atoms with Crippen molar-refractivity contribution < 1.29 is 9.59 Å². The molecular formula is C22H22BrN5O3S. The van der Waals surface area contributed by atoms with Gasteiger partial charge in [-0.25, -0.2) is 9.67 Å². The number of hydrogen-bond donors (Lipinski definition) is 1. The Morgan fingerprint density at radius 3 is 2.78 bits per heavy atom. The molecule has 3 heterocycles. The minimum Gasteiger partial charge on any atom is -0.354 e. The van der Waals surface area contributed by atoms with Gasteiger partial charge in [-0.2, -0.15) is 5.10 Å². The molecule has 1 aliphatic heterocycles. The van der Waals surface area contributed by atoms with E-state index in [1.165, 1.54) is 22.1 Å². The quantitative estimate of drug-likeness (QED) is 0.544. The van der Waals surface area contributed by atoms with Crippen LogP contribution < -0.4 is 15.8 Å². The number of amides is 2. The van der Waals surface area contributed by atoms with Crippen LogP contribution in [0, 0.1) is 19.8 Å². The molecular weight excluding hydrogens is 494 g/mol. The van der Waals surface area contributed by atoms with Gasteiger partial charge >= 0.3 is 0 Å². The molecule has 2 aromatic heterocycles. The lowest BCUT2D eigenvalue weighted by molar-refractivity contribution is -0.126. The van der Waals surface area contributed by atoms with Crippen LogP contribution in [0.2, 0.25) is 0 Å². The van der Waals surface area contributed by atoms with Gasteiger partial charge in [-0.15, -0.1) is 11.3 Å². The van der Waals surface area contributed by atoms with E-state index < -0.39 is 5.92 Å². The Morgan fingerprint density at radius 1 is 1.25 bits per heavy atom.